The number of hydrogen-bond acceptors (Lipinski definition) is 16. The molecule has 4 amide bonds. The number of imidazole rings is 1. The topological polar surface area (TPSA) is 243 Å². The predicted molar refractivity (Wildman–Crippen MR) is 585 cm³/mol. The molecule has 22 rings (SSSR count). The van der Waals surface area contributed by atoms with E-state index in [0.29, 0.717) is 137 Å². The summed E-state index contributed by atoms with van der Waals surface area (Å²) < 4.78 is 61.6. The molecule has 34 heteroatoms. The highest BCUT2D eigenvalue weighted by Gasteiger charge is 2.42. The van der Waals surface area contributed by atoms with Crippen LogP contribution in [0.3, 0.4) is 0 Å². The lowest BCUT2D eigenvalue weighted by Gasteiger charge is -2.35. The molecule has 148 heavy (non-hydrogen) atoms. The van der Waals surface area contributed by atoms with Gasteiger partial charge in [0.1, 0.15) is 64.5 Å². The van der Waals surface area contributed by atoms with E-state index in [4.69, 9.17) is 131 Å². The number of nitrogens with one attached hydrogen (secondary N) is 4. The second-order valence-corrected chi connectivity index (χ2v) is 41.5. The lowest BCUT2D eigenvalue weighted by Crippen LogP contribution is -2.42. The van der Waals surface area contributed by atoms with Crippen LogP contribution >= 0.6 is 105 Å². The number of carbonyl (C=O) groups is 4. The van der Waals surface area contributed by atoms with Crippen molar-refractivity contribution in [3.05, 3.63) is 365 Å². The molecule has 11 heterocycles. The minimum atomic E-state index is -0.490. The van der Waals surface area contributed by atoms with Gasteiger partial charge in [-0.3, -0.25) is 19.6 Å². The van der Waals surface area contributed by atoms with Gasteiger partial charge in [0.15, 0.2) is 11.8 Å². The third-order valence-electron chi connectivity index (χ3n) is 27.5. The van der Waals surface area contributed by atoms with Crippen LogP contribution in [0.2, 0.25) is 30.1 Å². The highest BCUT2D eigenvalue weighted by molar-refractivity contribution is 7.99. The quantitative estimate of drug-likeness (QED) is 0.0307. The maximum Gasteiger partial charge on any atom is 0.416 e. The van der Waals surface area contributed by atoms with Crippen molar-refractivity contribution < 1.29 is 61.5 Å². The van der Waals surface area contributed by atoms with Crippen LogP contribution < -0.4 is 33.2 Å². The predicted octanol–water partition coefficient (Wildman–Crippen LogP) is 27.7. The van der Waals surface area contributed by atoms with Crippen molar-refractivity contribution in [2.75, 3.05) is 116 Å². The Balaban J connectivity index is 0.000000125. The number of carbonyl (C=O) groups excluding carboxylic acids is 4. The van der Waals surface area contributed by atoms with Gasteiger partial charge in [-0.1, -0.05) is 142 Å². The lowest BCUT2D eigenvalue weighted by atomic mass is 9.92. The number of ether oxygens (including phenoxy) is 8. The van der Waals surface area contributed by atoms with Gasteiger partial charge in [-0.2, -0.15) is 11.8 Å². The van der Waals surface area contributed by atoms with Gasteiger partial charge in [0.05, 0.1) is 37.8 Å². The number of H-pyrrole nitrogens is 4. The third kappa shape index (κ3) is 25.0. The molecule has 16 aromatic rings. The molecule has 24 nitrogen and oxygen atoms in total. The van der Waals surface area contributed by atoms with Crippen LogP contribution in [0.15, 0.2) is 261 Å². The molecule has 2 saturated heterocycles. The first-order valence-corrected chi connectivity index (χ1v) is 54.0. The average molecular weight is 2170 g/mol. The molecule has 5 atom stereocenters. The molecule has 0 aliphatic carbocycles. The summed E-state index contributed by atoms with van der Waals surface area (Å²) in [6.07, 6.45) is 11.4. The van der Waals surface area contributed by atoms with Crippen molar-refractivity contribution >= 4 is 173 Å². The highest BCUT2D eigenvalue weighted by atomic mass is 35.5. The van der Waals surface area contributed by atoms with Crippen molar-refractivity contribution in [3.8, 4) is 40.2 Å². The Kier molecular flexibility index (Phi) is 34.4. The zero-order valence-electron chi connectivity index (χ0n) is 81.1. The largest absolute Gasteiger partial charge is 0.494 e. The molecule has 2 fully saturated rings. The maximum absolute atomic E-state index is 13.5. The highest BCUT2D eigenvalue weighted by Crippen LogP contribution is 2.47. The normalized spacial score (nSPS) is 17.0. The fraction of sp³-hybridized carbons (Fsp3) is 0.289. The summed E-state index contributed by atoms with van der Waals surface area (Å²) in [5, 5.41) is 7.99. The van der Waals surface area contributed by atoms with Gasteiger partial charge >= 0.3 is 24.4 Å². The van der Waals surface area contributed by atoms with Crippen molar-refractivity contribution in [1.29, 1.82) is 0 Å². The van der Waals surface area contributed by atoms with E-state index < -0.39 is 30.4 Å². The van der Waals surface area contributed by atoms with Crippen molar-refractivity contribution in [2.24, 2.45) is 5.92 Å². The maximum atomic E-state index is 13.5. The Morgan fingerprint density at radius 3 is 1.19 bits per heavy atom. The number of fused-ring (bicyclic) bond motifs is 12. The van der Waals surface area contributed by atoms with Gasteiger partial charge in [0, 0.05) is 186 Å². The van der Waals surface area contributed by atoms with Crippen molar-refractivity contribution in [2.45, 2.75) is 88.5 Å². The van der Waals surface area contributed by atoms with Crippen LogP contribution in [0, 0.1) is 11.7 Å². The summed E-state index contributed by atoms with van der Waals surface area (Å²) >= 11 is 50.9. The van der Waals surface area contributed by atoms with Crippen molar-refractivity contribution in [3.63, 3.8) is 0 Å². The molecular formula is C114H109Cl8FN12O12S. The molecule has 6 aliphatic heterocycles. The van der Waals surface area contributed by atoms with E-state index in [1.807, 2.05) is 192 Å². The van der Waals surface area contributed by atoms with E-state index in [-0.39, 0.29) is 30.0 Å². The zero-order chi connectivity index (χ0) is 102. The second kappa shape index (κ2) is 48.9. The number of alkyl halides is 2. The summed E-state index contributed by atoms with van der Waals surface area (Å²) in [6.45, 7) is 10.9. The summed E-state index contributed by atoms with van der Waals surface area (Å²) in [6, 6.07) is 72.5. The Morgan fingerprint density at radius 2 is 0.791 bits per heavy atom. The first-order chi connectivity index (χ1) is 72.2. The fourth-order valence-electron chi connectivity index (χ4n) is 20.4. The van der Waals surface area contributed by atoms with Gasteiger partial charge in [-0.15, -0.1) is 11.6 Å². The van der Waals surface area contributed by atoms with E-state index in [9.17, 15) is 23.6 Å². The number of likely N-dealkylation sites (tertiary alicyclic amines) is 1. The monoisotopic (exact) mass is 2170 g/mol. The van der Waals surface area contributed by atoms with E-state index >= 15 is 0 Å². The standard InChI is InChI=1S/C31H31Cl2N3O3S.C31H31ClFN3O3.C30H26Cl2N4O3.C22H21Cl3N2O3/c32-22-4-9-25(10-5-22)39-31(37)36-14-12-26-27-20-23(33)6-11-28(27)34-29(26)30(36)21-2-7-24(8-3-21)38-17-1-13-35-15-18-40-19-16-35;1-35-15-2-3-20(18-35)19-38-24-9-4-21(5-10-24)30-29-26(27-17-22(32)6-13-28(27)34-29)14-16-36(30)31(37)39-25-11-7-23(33)8-12-25;31-21-8-11-26-24(18-21)23-12-15-36(30(37)39-27-5-2-1-4-25(27)32)29(28(23)34-26)20-6-9-22(10-7-20)38-17-3-14-35-16-13-33-19-35;23-9-1-11-29-16-5-2-14(3-6-16)21-20-17(8-10-27(21)22(28)30-13-24)18-12-15(25)4-7-19(18)26-20/h2-11,20,30,34H,1,12-19H2;4-13,17,20,30,34H,2-3,14-16,18-19H2,1H3;1-2,4-11,13,16,18-19,29,34H,3,12,14-15,17H2;2-7,12,21,26H,1,8-11,13H2. The first kappa shape index (κ1) is 104. The number of rotatable bonds is 25. The van der Waals surface area contributed by atoms with E-state index in [1.165, 1.54) is 67.3 Å². The molecule has 0 radical (unpaired) electrons. The summed E-state index contributed by atoms with van der Waals surface area (Å²) in [4.78, 5) is 83.1. The number of thioether (sulfide) groups is 1. The number of nitrogens with zero attached hydrogens (tertiary/aromatic N) is 8. The number of piperidine rings is 1. The minimum absolute atomic E-state index is 0.190. The van der Waals surface area contributed by atoms with Gasteiger partial charge in [0.2, 0.25) is 0 Å². The van der Waals surface area contributed by atoms with Crippen LogP contribution in [-0.2, 0) is 37.0 Å². The van der Waals surface area contributed by atoms with Crippen LogP contribution in [0.25, 0.3) is 43.6 Å². The molecule has 0 spiro atoms. The molecule has 766 valence electrons. The molecule has 0 saturated carbocycles. The van der Waals surface area contributed by atoms with Crippen molar-refractivity contribution in [1.82, 2.24) is 58.9 Å². The van der Waals surface area contributed by atoms with E-state index in [1.54, 1.807) is 80.7 Å². The SMILES string of the molecule is CN1CCCC(COc2ccc(C3c4[nH]c5ccc(Cl)cc5c4CCN3C(=O)Oc3ccc(F)cc3)cc2)C1.O=C(OCCl)N1CCc2c([nH]c3ccc(Cl)cc23)C1c1ccc(OCCCCl)cc1.O=C(Oc1ccc(Cl)cc1)N1CCc2c([nH]c3ccc(Cl)cc23)C1c1ccc(OCCCN2CCSCC2)cc1.O=C(Oc1ccccc1Cl)N1CCc2c([nH]c3ccc(Cl)cc23)C1c1ccc(OCCCn2ccnc2)cc1. The van der Waals surface area contributed by atoms with Crippen LogP contribution in [0.4, 0.5) is 23.6 Å². The van der Waals surface area contributed by atoms with Gasteiger partial charge in [0.25, 0.3) is 0 Å². The molecule has 11 aromatic carbocycles. The second-order valence-electron chi connectivity index (χ2n) is 37.1. The molecule has 6 aliphatic rings. The Bertz CT molecular complexity index is 7290. The third-order valence-corrected chi connectivity index (χ3v) is 30.3. The van der Waals surface area contributed by atoms with Gasteiger partial charge in [-0.05, 0) is 298 Å². The lowest BCUT2D eigenvalue weighted by molar-refractivity contribution is 0.103. The Morgan fingerprint density at radius 1 is 0.412 bits per heavy atom. The number of benzene rings is 11. The molecule has 0 bridgehead atoms. The van der Waals surface area contributed by atoms with Gasteiger partial charge < -0.3 is 72.2 Å². The van der Waals surface area contributed by atoms with E-state index in [0.717, 1.165) is 174 Å². The first-order valence-electron chi connectivity index (χ1n) is 49.5. The Labute approximate surface area is 901 Å². The van der Waals surface area contributed by atoms with Crippen LogP contribution in [0.1, 0.15) is 124 Å². The Hall–Kier alpha value is -12.4. The fourth-order valence-corrected chi connectivity index (χ4v) is 22.5. The van der Waals surface area contributed by atoms with Crippen LogP contribution in [0.5, 0.6) is 40.2 Å². The summed E-state index contributed by atoms with van der Waals surface area (Å²) in [5.74, 6) is 7.40. The number of aromatic nitrogens is 6. The zero-order valence-corrected chi connectivity index (χ0v) is 88.0. The van der Waals surface area contributed by atoms with Crippen LogP contribution in [-0.4, -0.2) is 199 Å². The smallest absolute Gasteiger partial charge is 0.416 e. The number of hydrogen-bond donors (Lipinski definition) is 4. The molecule has 5 aromatic heterocycles. The summed E-state index contributed by atoms with van der Waals surface area (Å²) in [7, 11) is 2.16. The minimum Gasteiger partial charge on any atom is -0.494 e. The number of halogens is 9. The summed E-state index contributed by atoms with van der Waals surface area (Å²) in [5.41, 5.74) is 16.2. The molecule has 4 N–H and O–H groups in total. The number of amides is 4. The molecule has 5 unspecified atom stereocenters. The molecular weight excluding hydrogens is 2060 g/mol. The number of aryl methyl sites for hydroxylation is 1. The van der Waals surface area contributed by atoms with E-state index in [2.05, 4.69) is 41.8 Å². The number of para-hydroxylation sites is 1. The average Bonchev–Trinajstić information content (AvgIpc) is 1.61. The van der Waals surface area contributed by atoms with Gasteiger partial charge in [-0.25, -0.2) is 28.6 Å². The number of aromatic amines is 4.